The van der Waals surface area contributed by atoms with Crippen LogP contribution in [0.2, 0.25) is 0 Å². The van der Waals surface area contributed by atoms with Crippen molar-refractivity contribution in [3.05, 3.63) is 65.0 Å². The topological polar surface area (TPSA) is 9.23 Å². The predicted molar refractivity (Wildman–Crippen MR) is 112 cm³/mol. The van der Waals surface area contributed by atoms with E-state index < -0.39 is 23.3 Å². The van der Waals surface area contributed by atoms with E-state index in [1.54, 1.807) is 13.0 Å². The van der Waals surface area contributed by atoms with Crippen LogP contribution in [0.1, 0.15) is 63.9 Å². The second kappa shape index (κ2) is 10.3. The summed E-state index contributed by atoms with van der Waals surface area (Å²) in [5, 5.41) is 0. The van der Waals surface area contributed by atoms with Gasteiger partial charge in [0.25, 0.3) is 0 Å². The number of benzene rings is 2. The first-order valence-electron chi connectivity index (χ1n) is 10.7. The van der Waals surface area contributed by atoms with Crippen molar-refractivity contribution in [3.8, 4) is 16.9 Å². The Labute approximate surface area is 179 Å². The Kier molecular flexibility index (Phi) is 7.74. The highest BCUT2D eigenvalue weighted by Crippen LogP contribution is 2.41. The van der Waals surface area contributed by atoms with E-state index in [-0.39, 0.29) is 40.8 Å². The van der Waals surface area contributed by atoms with Crippen LogP contribution in [0.4, 0.5) is 22.0 Å². The zero-order valence-electron chi connectivity index (χ0n) is 17.8. The summed E-state index contributed by atoms with van der Waals surface area (Å²) < 4.78 is 76.2. The van der Waals surface area contributed by atoms with Crippen molar-refractivity contribution < 1.29 is 26.7 Å². The van der Waals surface area contributed by atoms with E-state index in [0.29, 0.717) is 25.2 Å². The SMILES string of the molecule is CCOc1ccc(-c2ccc(C3CCC(CC/C=C(/C)F)CC3)c(F)c2F)c(F)c1F. The van der Waals surface area contributed by atoms with E-state index in [2.05, 4.69) is 0 Å². The maximum Gasteiger partial charge on any atom is 0.201 e. The minimum Gasteiger partial charge on any atom is -0.491 e. The maximum absolute atomic E-state index is 14.9. The molecule has 0 spiro atoms. The molecule has 1 aliphatic rings. The largest absolute Gasteiger partial charge is 0.491 e. The third-order valence-corrected chi connectivity index (χ3v) is 6.04. The molecule has 0 N–H and O–H groups in total. The van der Waals surface area contributed by atoms with Gasteiger partial charge in [-0.05, 0) is 81.9 Å². The van der Waals surface area contributed by atoms with Crippen molar-refractivity contribution in [1.29, 1.82) is 0 Å². The third kappa shape index (κ3) is 5.28. The number of allylic oxidation sites excluding steroid dienone is 2. The molecule has 2 aromatic carbocycles. The molecule has 2 aromatic rings. The molecule has 1 saturated carbocycles. The molecule has 0 heterocycles. The number of hydrogen-bond donors (Lipinski definition) is 0. The van der Waals surface area contributed by atoms with Crippen molar-refractivity contribution in [2.75, 3.05) is 6.61 Å². The molecular weight excluding hydrogens is 411 g/mol. The number of rotatable bonds is 7. The van der Waals surface area contributed by atoms with Gasteiger partial charge in [0.2, 0.25) is 5.82 Å². The Morgan fingerprint density at radius 1 is 0.903 bits per heavy atom. The van der Waals surface area contributed by atoms with Crippen LogP contribution >= 0.6 is 0 Å². The van der Waals surface area contributed by atoms with Gasteiger partial charge >= 0.3 is 0 Å². The molecule has 0 amide bonds. The third-order valence-electron chi connectivity index (χ3n) is 6.04. The molecule has 0 bridgehead atoms. The molecule has 168 valence electrons. The van der Waals surface area contributed by atoms with Gasteiger partial charge in [-0.2, -0.15) is 4.39 Å². The predicted octanol–water partition coefficient (Wildman–Crippen LogP) is 8.24. The van der Waals surface area contributed by atoms with E-state index in [1.807, 2.05) is 0 Å². The lowest BCUT2D eigenvalue weighted by molar-refractivity contribution is 0.306. The highest BCUT2D eigenvalue weighted by Gasteiger charge is 2.27. The van der Waals surface area contributed by atoms with Crippen molar-refractivity contribution >= 4 is 0 Å². The van der Waals surface area contributed by atoms with E-state index in [9.17, 15) is 22.0 Å². The van der Waals surface area contributed by atoms with Gasteiger partial charge in [-0.25, -0.2) is 17.6 Å². The highest BCUT2D eigenvalue weighted by atomic mass is 19.2. The Morgan fingerprint density at radius 2 is 1.52 bits per heavy atom. The average molecular weight is 438 g/mol. The van der Waals surface area contributed by atoms with Crippen LogP contribution < -0.4 is 4.74 Å². The minimum atomic E-state index is -1.27. The van der Waals surface area contributed by atoms with E-state index in [0.717, 1.165) is 19.3 Å². The van der Waals surface area contributed by atoms with Crippen LogP contribution in [-0.4, -0.2) is 6.61 Å². The maximum atomic E-state index is 14.9. The van der Waals surface area contributed by atoms with Crippen molar-refractivity contribution in [3.63, 3.8) is 0 Å². The Morgan fingerprint density at radius 3 is 2.13 bits per heavy atom. The minimum absolute atomic E-state index is 0.125. The first-order chi connectivity index (χ1) is 14.8. The molecule has 0 atom stereocenters. The summed E-state index contributed by atoms with van der Waals surface area (Å²) in [6.45, 7) is 3.21. The smallest absolute Gasteiger partial charge is 0.201 e. The fourth-order valence-corrected chi connectivity index (χ4v) is 4.37. The zero-order valence-corrected chi connectivity index (χ0v) is 17.8. The summed E-state index contributed by atoms with van der Waals surface area (Å²) in [4.78, 5) is 0. The molecule has 0 aromatic heterocycles. The first-order valence-corrected chi connectivity index (χ1v) is 10.7. The van der Waals surface area contributed by atoms with Gasteiger partial charge in [0.05, 0.1) is 12.4 Å². The van der Waals surface area contributed by atoms with E-state index in [4.69, 9.17) is 4.74 Å². The molecule has 1 fully saturated rings. The number of ether oxygens (including phenoxy) is 1. The van der Waals surface area contributed by atoms with E-state index in [1.165, 1.54) is 31.2 Å². The molecule has 31 heavy (non-hydrogen) atoms. The molecule has 0 saturated heterocycles. The fraction of sp³-hybridized carbons (Fsp3) is 0.440. The van der Waals surface area contributed by atoms with Crippen LogP contribution in [-0.2, 0) is 0 Å². The Balaban J connectivity index is 1.76. The molecule has 3 rings (SSSR count). The number of halogens is 5. The van der Waals surface area contributed by atoms with Crippen LogP contribution in [0.3, 0.4) is 0 Å². The molecule has 1 nitrogen and oxygen atoms in total. The van der Waals surface area contributed by atoms with E-state index >= 15 is 0 Å². The number of hydrogen-bond acceptors (Lipinski definition) is 1. The van der Waals surface area contributed by atoms with Crippen molar-refractivity contribution in [1.82, 2.24) is 0 Å². The van der Waals surface area contributed by atoms with Gasteiger partial charge in [-0.1, -0.05) is 18.2 Å². The second-order valence-electron chi connectivity index (χ2n) is 8.09. The highest BCUT2D eigenvalue weighted by molar-refractivity contribution is 5.66. The monoisotopic (exact) mass is 438 g/mol. The van der Waals surface area contributed by atoms with Crippen LogP contribution in [0.25, 0.3) is 11.1 Å². The van der Waals surface area contributed by atoms with Gasteiger partial charge in [-0.3, -0.25) is 0 Å². The molecule has 0 unspecified atom stereocenters. The summed E-state index contributed by atoms with van der Waals surface area (Å²) in [5.41, 5.74) is -0.391. The molecular formula is C25H27F5O. The molecule has 0 aliphatic heterocycles. The normalized spacial score (nSPS) is 19.5. The summed E-state index contributed by atoms with van der Waals surface area (Å²) in [5.74, 6) is -4.81. The molecule has 6 heteroatoms. The summed E-state index contributed by atoms with van der Waals surface area (Å²) in [7, 11) is 0. The summed E-state index contributed by atoms with van der Waals surface area (Å²) in [6.07, 6.45) is 6.29. The average Bonchev–Trinajstić information content (AvgIpc) is 2.75. The summed E-state index contributed by atoms with van der Waals surface area (Å²) in [6, 6.07) is 5.19. The summed E-state index contributed by atoms with van der Waals surface area (Å²) >= 11 is 0. The lowest BCUT2D eigenvalue weighted by atomic mass is 9.77. The zero-order chi connectivity index (χ0) is 22.5. The van der Waals surface area contributed by atoms with Crippen LogP contribution in [0.5, 0.6) is 5.75 Å². The van der Waals surface area contributed by atoms with Crippen molar-refractivity contribution in [2.45, 2.75) is 58.3 Å². The second-order valence-corrected chi connectivity index (χ2v) is 8.09. The Bertz CT molecular complexity index is 941. The van der Waals surface area contributed by atoms with Crippen molar-refractivity contribution in [2.24, 2.45) is 5.92 Å². The lowest BCUT2D eigenvalue weighted by Gasteiger charge is -2.29. The van der Waals surface area contributed by atoms with Gasteiger partial charge in [0, 0.05) is 11.1 Å². The first kappa shape index (κ1) is 23.3. The van der Waals surface area contributed by atoms with Gasteiger partial charge in [-0.15, -0.1) is 0 Å². The van der Waals surface area contributed by atoms with Crippen LogP contribution in [0.15, 0.2) is 36.2 Å². The fourth-order valence-electron chi connectivity index (χ4n) is 4.37. The molecule has 0 radical (unpaired) electrons. The van der Waals surface area contributed by atoms with Crippen LogP contribution in [0, 0.1) is 29.2 Å². The van der Waals surface area contributed by atoms with Gasteiger partial charge in [0.1, 0.15) is 0 Å². The molecule has 1 aliphatic carbocycles. The lowest BCUT2D eigenvalue weighted by Crippen LogP contribution is -2.15. The van der Waals surface area contributed by atoms with Gasteiger partial charge in [0.15, 0.2) is 23.2 Å². The van der Waals surface area contributed by atoms with Gasteiger partial charge < -0.3 is 4.74 Å². The Hall–Kier alpha value is -2.37. The quantitative estimate of drug-likeness (QED) is 0.396. The standard InChI is InChI=1S/C25H27F5O/c1-3-31-21-14-13-20(24(29)25(21)30)19-12-11-18(22(27)23(19)28)17-9-7-16(8-10-17)6-4-5-15(2)26/h5,11-14,16-17H,3-4,6-10H2,1-2H3/b15-5-.